The minimum absolute atomic E-state index is 0.127. The van der Waals surface area contributed by atoms with Crippen molar-refractivity contribution >= 4 is 8.32 Å². The molecule has 0 amide bonds. The van der Waals surface area contributed by atoms with Crippen molar-refractivity contribution in [2.24, 2.45) is 11.8 Å². The summed E-state index contributed by atoms with van der Waals surface area (Å²) >= 11 is 0. The number of hydrogen-bond acceptors (Lipinski definition) is 5. The third-order valence-electron chi connectivity index (χ3n) is 6.01. The molecule has 0 aliphatic heterocycles. The average molecular weight is 431 g/mol. The molecular weight excluding hydrogens is 384 g/mol. The average Bonchev–Trinajstić information content (AvgIpc) is 2.64. The zero-order valence-electron chi connectivity index (χ0n) is 20.5. The zero-order chi connectivity index (χ0) is 22.6. The van der Waals surface area contributed by atoms with E-state index in [0.29, 0.717) is 36.4 Å². The number of rotatable bonds is 15. The fourth-order valence-electron chi connectivity index (χ4n) is 4.40. The minimum Gasteiger partial charge on any atom is -0.413 e. The normalized spacial score (nSPS) is 16.6. The Bertz CT molecular complexity index is 462. The van der Waals surface area contributed by atoms with Crippen molar-refractivity contribution in [3.05, 3.63) is 0 Å². The van der Waals surface area contributed by atoms with Gasteiger partial charge in [-0.15, -0.1) is 5.92 Å². The smallest absolute Gasteiger partial charge is 0.200 e. The SMILES string of the molecule is CC#C[C@H](C)[C@H](O)[C@@H](C)[C@H](CO[Si](C(C)C)(C(C)C)C(C)C)OCOCCOC. The van der Waals surface area contributed by atoms with Crippen LogP contribution in [-0.2, 0) is 18.6 Å². The maximum absolute atomic E-state index is 10.8. The highest BCUT2D eigenvalue weighted by atomic mass is 28.4. The van der Waals surface area contributed by atoms with E-state index in [-0.39, 0.29) is 24.7 Å². The van der Waals surface area contributed by atoms with Crippen LogP contribution < -0.4 is 0 Å². The van der Waals surface area contributed by atoms with Crippen LogP contribution in [0.1, 0.15) is 62.3 Å². The first-order valence-electron chi connectivity index (χ1n) is 11.0. The van der Waals surface area contributed by atoms with Crippen molar-refractivity contribution in [1.82, 2.24) is 0 Å². The molecule has 0 aliphatic carbocycles. The van der Waals surface area contributed by atoms with E-state index in [9.17, 15) is 5.11 Å². The largest absolute Gasteiger partial charge is 0.413 e. The molecule has 5 nitrogen and oxygen atoms in total. The summed E-state index contributed by atoms with van der Waals surface area (Å²) in [6, 6.07) is 0. The van der Waals surface area contributed by atoms with E-state index < -0.39 is 14.4 Å². The van der Waals surface area contributed by atoms with Gasteiger partial charge in [-0.2, -0.15) is 0 Å². The highest BCUT2D eigenvalue weighted by molar-refractivity contribution is 6.77. The lowest BCUT2D eigenvalue weighted by molar-refractivity contribution is -0.137. The van der Waals surface area contributed by atoms with Crippen LogP contribution in [0.3, 0.4) is 0 Å². The molecule has 0 heterocycles. The minimum atomic E-state index is -2.02. The fourth-order valence-corrected chi connectivity index (χ4v) is 9.86. The van der Waals surface area contributed by atoms with Gasteiger partial charge in [0, 0.05) is 18.9 Å². The molecule has 0 saturated heterocycles. The summed E-state index contributed by atoms with van der Waals surface area (Å²) in [5.74, 6) is 5.70. The lowest BCUT2D eigenvalue weighted by atomic mass is 9.90. The molecule has 1 N–H and O–H groups in total. The van der Waals surface area contributed by atoms with Crippen LogP contribution >= 0.6 is 0 Å². The van der Waals surface area contributed by atoms with Crippen molar-refractivity contribution < 1.29 is 23.7 Å². The van der Waals surface area contributed by atoms with Gasteiger partial charge >= 0.3 is 0 Å². The molecule has 0 fully saturated rings. The topological polar surface area (TPSA) is 57.2 Å². The Labute approximate surface area is 181 Å². The molecule has 0 aliphatic rings. The third-order valence-corrected chi connectivity index (χ3v) is 12.1. The quantitative estimate of drug-likeness (QED) is 0.174. The van der Waals surface area contributed by atoms with Crippen molar-refractivity contribution in [3.8, 4) is 11.8 Å². The van der Waals surface area contributed by atoms with Gasteiger partial charge in [0.15, 0.2) is 8.32 Å². The number of hydrogen-bond donors (Lipinski definition) is 1. The first-order chi connectivity index (χ1) is 13.6. The molecule has 6 heteroatoms. The lowest BCUT2D eigenvalue weighted by Gasteiger charge is -2.43. The Morgan fingerprint density at radius 3 is 1.90 bits per heavy atom. The van der Waals surface area contributed by atoms with E-state index in [2.05, 4.69) is 53.4 Å². The summed E-state index contributed by atoms with van der Waals surface area (Å²) in [7, 11) is -0.382. The second-order valence-corrected chi connectivity index (χ2v) is 14.3. The number of methoxy groups -OCH3 is 1. The molecular formula is C23H46O5Si. The van der Waals surface area contributed by atoms with Gasteiger partial charge in [-0.05, 0) is 30.5 Å². The molecule has 0 saturated carbocycles. The van der Waals surface area contributed by atoms with Crippen molar-refractivity contribution in [1.29, 1.82) is 0 Å². The van der Waals surface area contributed by atoms with Crippen molar-refractivity contribution in [2.45, 2.75) is 91.1 Å². The molecule has 0 bridgehead atoms. The van der Waals surface area contributed by atoms with Gasteiger partial charge in [0.25, 0.3) is 0 Å². The Morgan fingerprint density at radius 2 is 1.45 bits per heavy atom. The zero-order valence-corrected chi connectivity index (χ0v) is 21.5. The number of aliphatic hydroxyl groups excluding tert-OH is 1. The van der Waals surface area contributed by atoms with Gasteiger partial charge in [-0.25, -0.2) is 0 Å². The van der Waals surface area contributed by atoms with Crippen LogP contribution in [0.25, 0.3) is 0 Å². The highest BCUT2D eigenvalue weighted by Crippen LogP contribution is 2.42. The first kappa shape index (κ1) is 28.6. The monoisotopic (exact) mass is 430 g/mol. The van der Waals surface area contributed by atoms with Crippen LogP contribution in [-0.4, -0.2) is 59.4 Å². The van der Waals surface area contributed by atoms with E-state index in [1.165, 1.54) is 0 Å². The molecule has 0 aromatic heterocycles. The van der Waals surface area contributed by atoms with Gasteiger partial charge < -0.3 is 23.7 Å². The summed E-state index contributed by atoms with van der Waals surface area (Å²) in [5, 5.41) is 10.8. The Morgan fingerprint density at radius 1 is 0.897 bits per heavy atom. The second-order valence-electron chi connectivity index (χ2n) is 8.89. The molecule has 0 aromatic rings. The fraction of sp³-hybridized carbons (Fsp3) is 0.913. The molecule has 29 heavy (non-hydrogen) atoms. The molecule has 4 atom stereocenters. The summed E-state index contributed by atoms with van der Waals surface area (Å²) in [5.41, 5.74) is 1.48. The molecule has 172 valence electrons. The Hall–Kier alpha value is -0.423. The van der Waals surface area contributed by atoms with Crippen molar-refractivity contribution in [2.75, 3.05) is 33.7 Å². The predicted molar refractivity (Wildman–Crippen MR) is 122 cm³/mol. The van der Waals surface area contributed by atoms with Gasteiger partial charge in [0.2, 0.25) is 0 Å². The number of ether oxygens (including phenoxy) is 3. The molecule has 0 spiro atoms. The standard InChI is InChI=1S/C23H46O5Si/c1-11-12-20(8)23(24)21(9)22(27-16-26-14-13-25-10)15-28-29(17(2)3,18(4)5)19(6)7/h17-24H,13-16H2,1-10H3/t20-,21-,22-,23-/m0/s1. The van der Waals surface area contributed by atoms with Crippen LogP contribution in [0, 0.1) is 23.7 Å². The molecule has 0 unspecified atom stereocenters. The van der Waals surface area contributed by atoms with Crippen LogP contribution in [0.4, 0.5) is 0 Å². The first-order valence-corrected chi connectivity index (χ1v) is 13.1. The van der Waals surface area contributed by atoms with Gasteiger partial charge in [-0.3, -0.25) is 0 Å². The van der Waals surface area contributed by atoms with Crippen LogP contribution in [0.5, 0.6) is 0 Å². The van der Waals surface area contributed by atoms with Crippen molar-refractivity contribution in [3.63, 3.8) is 0 Å². The summed E-state index contributed by atoms with van der Waals surface area (Å²) < 4.78 is 23.3. The predicted octanol–water partition coefficient (Wildman–Crippen LogP) is 4.84. The van der Waals surface area contributed by atoms with E-state index in [1.54, 1.807) is 14.0 Å². The second kappa shape index (κ2) is 14.6. The van der Waals surface area contributed by atoms with E-state index >= 15 is 0 Å². The Kier molecular flexibility index (Phi) is 14.3. The van der Waals surface area contributed by atoms with Gasteiger partial charge in [0.1, 0.15) is 6.79 Å². The summed E-state index contributed by atoms with van der Waals surface area (Å²) in [6.07, 6.45) is -0.861. The summed E-state index contributed by atoms with van der Waals surface area (Å²) in [6.45, 7) is 21.0. The maximum atomic E-state index is 10.8. The van der Waals surface area contributed by atoms with Crippen LogP contribution in [0.15, 0.2) is 0 Å². The van der Waals surface area contributed by atoms with E-state index in [0.717, 1.165) is 0 Å². The Balaban J connectivity index is 5.37. The third kappa shape index (κ3) is 8.68. The molecule has 0 aromatic carbocycles. The maximum Gasteiger partial charge on any atom is 0.200 e. The van der Waals surface area contributed by atoms with E-state index in [4.69, 9.17) is 18.6 Å². The number of aliphatic hydroxyl groups is 1. The molecule has 0 rings (SSSR count). The summed E-state index contributed by atoms with van der Waals surface area (Å²) in [4.78, 5) is 0. The highest BCUT2D eigenvalue weighted by Gasteiger charge is 2.46. The lowest BCUT2D eigenvalue weighted by Crippen LogP contribution is -2.50. The van der Waals surface area contributed by atoms with E-state index in [1.807, 2.05) is 13.8 Å². The van der Waals surface area contributed by atoms with Crippen LogP contribution in [0.2, 0.25) is 16.6 Å². The van der Waals surface area contributed by atoms with Gasteiger partial charge in [0.05, 0.1) is 32.0 Å². The molecule has 0 radical (unpaired) electrons. The van der Waals surface area contributed by atoms with Gasteiger partial charge in [-0.1, -0.05) is 54.4 Å².